The number of alkyl halides is 3. The van der Waals surface area contributed by atoms with E-state index in [1.807, 2.05) is 38.1 Å². The SMILES string of the molecule is CCn1ncc(-c2cc(C(F)(F)F)nc3sc(C(N)=O)c(NC(=O)c4cc(-c5ccc(C)cc5)n[nH]4)c23)c1C. The van der Waals surface area contributed by atoms with Gasteiger partial charge in [-0.2, -0.15) is 23.4 Å². The summed E-state index contributed by atoms with van der Waals surface area (Å²) >= 11 is 0.677. The number of primary amides is 1. The molecule has 0 aliphatic carbocycles. The third kappa shape index (κ3) is 4.76. The first-order valence-electron chi connectivity index (χ1n) is 11.8. The fourth-order valence-corrected chi connectivity index (χ4v) is 5.28. The molecule has 0 radical (unpaired) electrons. The molecule has 39 heavy (non-hydrogen) atoms. The molecule has 13 heteroatoms. The highest BCUT2D eigenvalue weighted by Gasteiger charge is 2.35. The van der Waals surface area contributed by atoms with Crippen LogP contribution in [0.2, 0.25) is 0 Å². The summed E-state index contributed by atoms with van der Waals surface area (Å²) in [6.07, 6.45) is -3.30. The lowest BCUT2D eigenvalue weighted by molar-refractivity contribution is -0.140. The maximum atomic E-state index is 13.8. The second-order valence-corrected chi connectivity index (χ2v) is 9.85. The number of benzene rings is 1. The molecule has 200 valence electrons. The van der Waals surface area contributed by atoms with E-state index in [4.69, 9.17) is 5.73 Å². The topological polar surface area (TPSA) is 132 Å². The number of fused-ring (bicyclic) bond motifs is 1. The Labute approximate surface area is 223 Å². The van der Waals surface area contributed by atoms with E-state index in [9.17, 15) is 22.8 Å². The molecule has 0 fully saturated rings. The zero-order valence-corrected chi connectivity index (χ0v) is 21.8. The number of pyridine rings is 1. The Hall–Kier alpha value is -4.52. The lowest BCUT2D eigenvalue weighted by Gasteiger charge is -2.12. The Balaban J connectivity index is 1.65. The Morgan fingerprint density at radius 3 is 2.46 bits per heavy atom. The number of carbonyl (C=O) groups is 2. The highest BCUT2D eigenvalue weighted by atomic mass is 32.1. The van der Waals surface area contributed by atoms with Crippen LogP contribution >= 0.6 is 11.3 Å². The number of nitrogens with one attached hydrogen (secondary N) is 2. The second-order valence-electron chi connectivity index (χ2n) is 8.85. The van der Waals surface area contributed by atoms with Gasteiger partial charge in [-0.3, -0.25) is 19.4 Å². The van der Waals surface area contributed by atoms with Crippen LogP contribution in [0.1, 0.15) is 44.0 Å². The normalized spacial score (nSPS) is 11.7. The van der Waals surface area contributed by atoms with Gasteiger partial charge in [-0.15, -0.1) is 11.3 Å². The summed E-state index contributed by atoms with van der Waals surface area (Å²) in [5.41, 5.74) is 8.00. The van der Waals surface area contributed by atoms with Crippen LogP contribution in [0.15, 0.2) is 42.6 Å². The Morgan fingerprint density at radius 1 is 1.13 bits per heavy atom. The second kappa shape index (κ2) is 9.66. The smallest absolute Gasteiger partial charge is 0.365 e. The van der Waals surface area contributed by atoms with Crippen LogP contribution in [0.25, 0.3) is 32.6 Å². The number of thiophene rings is 1. The molecule has 2 amide bonds. The quantitative estimate of drug-likeness (QED) is 0.253. The first-order valence-corrected chi connectivity index (χ1v) is 12.6. The average Bonchev–Trinajstić information content (AvgIpc) is 3.61. The van der Waals surface area contributed by atoms with Crippen LogP contribution in [0.4, 0.5) is 18.9 Å². The van der Waals surface area contributed by atoms with Crippen molar-refractivity contribution in [2.45, 2.75) is 33.5 Å². The average molecular weight is 554 g/mol. The van der Waals surface area contributed by atoms with Crippen LogP contribution in [-0.2, 0) is 12.7 Å². The maximum Gasteiger partial charge on any atom is 0.433 e. The van der Waals surface area contributed by atoms with E-state index in [0.717, 1.165) is 17.2 Å². The molecule has 5 rings (SSSR count). The third-order valence-corrected chi connectivity index (χ3v) is 7.38. The number of aromatic amines is 1. The van der Waals surface area contributed by atoms with E-state index in [-0.39, 0.29) is 32.0 Å². The minimum atomic E-state index is -4.75. The number of aromatic nitrogens is 5. The fourth-order valence-electron chi connectivity index (χ4n) is 4.27. The van der Waals surface area contributed by atoms with Crippen molar-refractivity contribution in [2.24, 2.45) is 5.73 Å². The van der Waals surface area contributed by atoms with E-state index < -0.39 is 23.7 Å². The van der Waals surface area contributed by atoms with Crippen LogP contribution in [0.3, 0.4) is 0 Å². The third-order valence-electron chi connectivity index (χ3n) is 6.28. The van der Waals surface area contributed by atoms with E-state index in [2.05, 4.69) is 25.6 Å². The van der Waals surface area contributed by atoms with Crippen molar-refractivity contribution in [3.8, 4) is 22.4 Å². The summed E-state index contributed by atoms with van der Waals surface area (Å²) in [6.45, 7) is 6.02. The number of hydrogen-bond acceptors (Lipinski definition) is 6. The van der Waals surface area contributed by atoms with Crippen molar-refractivity contribution in [1.29, 1.82) is 0 Å². The number of H-pyrrole nitrogens is 1. The predicted octanol–water partition coefficient (Wildman–Crippen LogP) is 5.56. The van der Waals surface area contributed by atoms with Gasteiger partial charge in [-0.1, -0.05) is 29.8 Å². The Bertz CT molecular complexity index is 1730. The summed E-state index contributed by atoms with van der Waals surface area (Å²) in [5, 5.41) is 13.9. The molecule has 0 bridgehead atoms. The van der Waals surface area contributed by atoms with Gasteiger partial charge in [0.15, 0.2) is 0 Å². The Morgan fingerprint density at radius 2 is 1.85 bits per heavy atom. The minimum absolute atomic E-state index is 0.0288. The lowest BCUT2D eigenvalue weighted by atomic mass is 10.0. The number of nitrogens with two attached hydrogens (primary N) is 1. The summed E-state index contributed by atoms with van der Waals surface area (Å²) in [4.78, 5) is 29.2. The largest absolute Gasteiger partial charge is 0.433 e. The van der Waals surface area contributed by atoms with Gasteiger partial charge in [-0.25, -0.2) is 4.98 Å². The molecule has 0 atom stereocenters. The van der Waals surface area contributed by atoms with E-state index >= 15 is 0 Å². The molecule has 5 aromatic rings. The van der Waals surface area contributed by atoms with Gasteiger partial charge in [0, 0.05) is 28.8 Å². The number of hydrogen-bond donors (Lipinski definition) is 3. The van der Waals surface area contributed by atoms with Crippen LogP contribution in [0, 0.1) is 13.8 Å². The Kier molecular flexibility index (Phi) is 6.46. The van der Waals surface area contributed by atoms with Gasteiger partial charge >= 0.3 is 6.18 Å². The lowest BCUT2D eigenvalue weighted by Crippen LogP contribution is -2.17. The van der Waals surface area contributed by atoms with E-state index in [0.29, 0.717) is 34.8 Å². The number of carbonyl (C=O) groups excluding carboxylic acids is 2. The highest BCUT2D eigenvalue weighted by Crippen LogP contribution is 2.44. The first-order chi connectivity index (χ1) is 18.5. The zero-order chi connectivity index (χ0) is 28.1. The molecule has 0 aliphatic rings. The van der Waals surface area contributed by atoms with Gasteiger partial charge in [0.1, 0.15) is 21.1 Å². The van der Waals surface area contributed by atoms with Crippen molar-refractivity contribution in [1.82, 2.24) is 25.0 Å². The molecular weight excluding hydrogens is 531 g/mol. The van der Waals surface area contributed by atoms with Gasteiger partial charge in [-0.05, 0) is 38.5 Å². The molecule has 0 spiro atoms. The molecule has 9 nitrogen and oxygen atoms in total. The fraction of sp³-hybridized carbons (Fsp3) is 0.192. The highest BCUT2D eigenvalue weighted by molar-refractivity contribution is 7.21. The maximum absolute atomic E-state index is 13.8. The molecule has 4 heterocycles. The number of amides is 2. The van der Waals surface area contributed by atoms with Crippen molar-refractivity contribution in [3.05, 3.63) is 70.1 Å². The summed E-state index contributed by atoms with van der Waals surface area (Å²) < 4.78 is 43.0. The number of halogens is 3. The molecule has 0 saturated heterocycles. The van der Waals surface area contributed by atoms with Crippen LogP contribution in [0.5, 0.6) is 0 Å². The monoisotopic (exact) mass is 553 g/mol. The van der Waals surface area contributed by atoms with Crippen molar-refractivity contribution in [3.63, 3.8) is 0 Å². The van der Waals surface area contributed by atoms with Crippen molar-refractivity contribution in [2.75, 3.05) is 5.32 Å². The minimum Gasteiger partial charge on any atom is -0.365 e. The molecule has 4 N–H and O–H groups in total. The van der Waals surface area contributed by atoms with Gasteiger partial charge in [0.2, 0.25) is 0 Å². The van der Waals surface area contributed by atoms with Crippen molar-refractivity contribution >= 4 is 39.1 Å². The van der Waals surface area contributed by atoms with Gasteiger partial charge in [0.25, 0.3) is 11.8 Å². The van der Waals surface area contributed by atoms with Gasteiger partial charge < -0.3 is 11.1 Å². The zero-order valence-electron chi connectivity index (χ0n) is 21.0. The first kappa shape index (κ1) is 26.1. The van der Waals surface area contributed by atoms with Crippen LogP contribution < -0.4 is 11.1 Å². The standard InChI is InChI=1S/C26H22F3N7O2S/c1-4-36-13(3)16(11-31-36)15-9-19(26(27,28)29)32-25-20(15)21(22(39-25)23(30)37)33-24(38)18-10-17(34-35-18)14-7-5-12(2)6-8-14/h5-11H,4H2,1-3H3,(H2,30,37)(H,33,38)(H,34,35). The summed E-state index contributed by atoms with van der Waals surface area (Å²) in [6, 6.07) is 9.97. The van der Waals surface area contributed by atoms with Gasteiger partial charge in [0.05, 0.1) is 17.6 Å². The number of nitrogens with zero attached hydrogens (tertiary/aromatic N) is 4. The number of anilines is 1. The molecule has 0 unspecified atom stereocenters. The van der Waals surface area contributed by atoms with Crippen molar-refractivity contribution < 1.29 is 22.8 Å². The summed E-state index contributed by atoms with van der Waals surface area (Å²) in [5.74, 6) is -1.58. The number of rotatable bonds is 6. The molecule has 1 aromatic carbocycles. The molecule has 4 aromatic heterocycles. The summed E-state index contributed by atoms with van der Waals surface area (Å²) in [7, 11) is 0. The predicted molar refractivity (Wildman–Crippen MR) is 141 cm³/mol. The molecule has 0 saturated carbocycles. The van der Waals surface area contributed by atoms with Crippen LogP contribution in [-0.4, -0.2) is 36.8 Å². The molecular formula is C26H22F3N7O2S. The van der Waals surface area contributed by atoms with E-state index in [1.54, 1.807) is 11.6 Å². The van der Waals surface area contributed by atoms with E-state index in [1.165, 1.54) is 12.3 Å². The molecule has 0 aliphatic heterocycles. The number of aryl methyl sites for hydroxylation is 2.